The Kier molecular flexibility index (Phi) is 8.14. The van der Waals surface area contributed by atoms with E-state index in [2.05, 4.69) is 15.1 Å². The Hall–Kier alpha value is -2.69. The summed E-state index contributed by atoms with van der Waals surface area (Å²) < 4.78 is 11.1. The molecular formula is C23H33N5O5. The number of amides is 1. The molecule has 0 aliphatic carbocycles. The number of morpholine rings is 1. The summed E-state index contributed by atoms with van der Waals surface area (Å²) in [5.41, 5.74) is 0.913. The lowest BCUT2D eigenvalue weighted by molar-refractivity contribution is -0.136. The van der Waals surface area contributed by atoms with Crippen LogP contribution in [0.1, 0.15) is 23.2 Å². The Balaban J connectivity index is 1.37. The van der Waals surface area contributed by atoms with Gasteiger partial charge in [-0.2, -0.15) is 0 Å². The van der Waals surface area contributed by atoms with Crippen molar-refractivity contribution in [1.82, 2.24) is 14.7 Å². The first-order valence-electron chi connectivity index (χ1n) is 11.7. The fraction of sp³-hybridized carbons (Fsp3) is 0.609. The molecule has 0 aromatic heterocycles. The van der Waals surface area contributed by atoms with Crippen molar-refractivity contribution in [1.29, 1.82) is 0 Å². The minimum absolute atomic E-state index is 0.125. The lowest BCUT2D eigenvalue weighted by atomic mass is 10.2. The van der Waals surface area contributed by atoms with Gasteiger partial charge in [-0.25, -0.2) is 4.79 Å². The highest BCUT2D eigenvalue weighted by Crippen LogP contribution is 2.15. The van der Waals surface area contributed by atoms with E-state index in [1.54, 1.807) is 18.2 Å². The van der Waals surface area contributed by atoms with Gasteiger partial charge in [0, 0.05) is 51.6 Å². The second-order valence-corrected chi connectivity index (χ2v) is 8.57. The van der Waals surface area contributed by atoms with Crippen molar-refractivity contribution < 1.29 is 24.2 Å². The molecule has 180 valence electrons. The number of piperazine rings is 1. The number of carbonyl (C=O) groups excluding carboxylic acids is 1. The number of rotatable bonds is 6. The molecule has 2 N–H and O–H groups in total. The van der Waals surface area contributed by atoms with Crippen LogP contribution in [0.2, 0.25) is 0 Å². The average Bonchev–Trinajstić information content (AvgIpc) is 3.37. The van der Waals surface area contributed by atoms with E-state index in [9.17, 15) is 14.7 Å². The first-order valence-corrected chi connectivity index (χ1v) is 11.7. The fourth-order valence-corrected chi connectivity index (χ4v) is 4.28. The second kappa shape index (κ2) is 11.4. The van der Waals surface area contributed by atoms with Gasteiger partial charge in [0.25, 0.3) is 0 Å². The average molecular weight is 460 g/mol. The SMILES string of the molecule is O=C(O)c1cccc(NC(=NCC2CCCO2)N2CCN(CC(=O)N3CCOCC3)CC2)c1. The third kappa shape index (κ3) is 6.66. The molecule has 10 heteroatoms. The minimum Gasteiger partial charge on any atom is -0.478 e. The molecule has 0 spiro atoms. The van der Waals surface area contributed by atoms with Crippen molar-refractivity contribution in [3.8, 4) is 0 Å². The van der Waals surface area contributed by atoms with E-state index in [0.29, 0.717) is 51.0 Å². The first kappa shape index (κ1) is 23.5. The van der Waals surface area contributed by atoms with Crippen LogP contribution in [0.4, 0.5) is 5.69 Å². The minimum atomic E-state index is -0.963. The molecule has 3 aliphatic heterocycles. The Labute approximate surface area is 194 Å². The number of carboxylic acid groups (broad SMARTS) is 1. The highest BCUT2D eigenvalue weighted by atomic mass is 16.5. The van der Waals surface area contributed by atoms with Crippen LogP contribution in [-0.4, -0.2) is 116 Å². The van der Waals surface area contributed by atoms with Crippen LogP contribution in [0.15, 0.2) is 29.3 Å². The van der Waals surface area contributed by atoms with E-state index in [-0.39, 0.29) is 17.6 Å². The number of carboxylic acids is 1. The van der Waals surface area contributed by atoms with Crippen LogP contribution in [0.25, 0.3) is 0 Å². The van der Waals surface area contributed by atoms with Crippen molar-refractivity contribution in [2.45, 2.75) is 18.9 Å². The van der Waals surface area contributed by atoms with Gasteiger partial charge in [-0.05, 0) is 31.0 Å². The highest BCUT2D eigenvalue weighted by molar-refractivity contribution is 5.96. The summed E-state index contributed by atoms with van der Waals surface area (Å²) >= 11 is 0. The van der Waals surface area contributed by atoms with Gasteiger partial charge in [0.05, 0.1) is 38.0 Å². The Morgan fingerprint density at radius 3 is 2.55 bits per heavy atom. The van der Waals surface area contributed by atoms with Crippen molar-refractivity contribution in [2.75, 3.05) is 77.5 Å². The van der Waals surface area contributed by atoms with Crippen molar-refractivity contribution in [3.63, 3.8) is 0 Å². The van der Waals surface area contributed by atoms with Crippen molar-refractivity contribution in [3.05, 3.63) is 29.8 Å². The number of anilines is 1. The lowest BCUT2D eigenvalue weighted by Crippen LogP contribution is -2.53. The Bertz CT molecular complexity index is 843. The molecule has 1 unspecified atom stereocenters. The van der Waals surface area contributed by atoms with Gasteiger partial charge in [0.15, 0.2) is 5.96 Å². The first-order chi connectivity index (χ1) is 16.1. The molecule has 3 fully saturated rings. The van der Waals surface area contributed by atoms with Crippen LogP contribution in [-0.2, 0) is 14.3 Å². The summed E-state index contributed by atoms with van der Waals surface area (Å²) in [6.07, 6.45) is 2.18. The van der Waals surface area contributed by atoms with Crippen molar-refractivity contribution >= 4 is 23.5 Å². The fourth-order valence-electron chi connectivity index (χ4n) is 4.28. The molecular weight excluding hydrogens is 426 g/mol. The summed E-state index contributed by atoms with van der Waals surface area (Å²) in [5, 5.41) is 12.6. The molecule has 0 saturated carbocycles. The zero-order valence-electron chi connectivity index (χ0n) is 18.9. The maximum Gasteiger partial charge on any atom is 0.335 e. The topological polar surface area (TPSA) is 107 Å². The third-order valence-electron chi connectivity index (χ3n) is 6.23. The van der Waals surface area contributed by atoms with E-state index in [1.165, 1.54) is 0 Å². The predicted molar refractivity (Wildman–Crippen MR) is 124 cm³/mol. The van der Waals surface area contributed by atoms with Crippen LogP contribution in [0.5, 0.6) is 0 Å². The second-order valence-electron chi connectivity index (χ2n) is 8.57. The standard InChI is InChI=1S/C23H33N5O5/c29-21(27-10-13-32-14-11-27)17-26-6-8-28(9-7-26)23(24-16-20-5-2-12-33-20)25-19-4-1-3-18(15-19)22(30)31/h1,3-4,15,20H,2,5-14,16-17H2,(H,24,25)(H,30,31). The van der Waals surface area contributed by atoms with Gasteiger partial charge in [-0.3, -0.25) is 14.7 Å². The molecule has 1 aromatic rings. The summed E-state index contributed by atoms with van der Waals surface area (Å²) in [7, 11) is 0. The normalized spacial score (nSPS) is 22.4. The lowest BCUT2D eigenvalue weighted by Gasteiger charge is -2.37. The largest absolute Gasteiger partial charge is 0.478 e. The molecule has 1 aromatic carbocycles. The van der Waals surface area contributed by atoms with E-state index < -0.39 is 5.97 Å². The smallest absolute Gasteiger partial charge is 0.335 e. The van der Waals surface area contributed by atoms with E-state index in [1.807, 2.05) is 11.0 Å². The van der Waals surface area contributed by atoms with Gasteiger partial charge >= 0.3 is 5.97 Å². The molecule has 3 aliphatic rings. The highest BCUT2D eigenvalue weighted by Gasteiger charge is 2.25. The number of guanidine groups is 1. The molecule has 3 saturated heterocycles. The number of hydrogen-bond donors (Lipinski definition) is 2. The van der Waals surface area contributed by atoms with Gasteiger partial charge < -0.3 is 29.7 Å². The zero-order chi connectivity index (χ0) is 23.0. The number of nitrogens with one attached hydrogen (secondary N) is 1. The number of hydrogen-bond acceptors (Lipinski definition) is 6. The predicted octanol–water partition coefficient (Wildman–Crippen LogP) is 0.808. The molecule has 1 amide bonds. The number of aromatic carboxylic acids is 1. The molecule has 1 atom stereocenters. The molecule has 0 radical (unpaired) electrons. The van der Waals surface area contributed by atoms with Gasteiger partial charge in [-0.15, -0.1) is 0 Å². The van der Waals surface area contributed by atoms with E-state index in [0.717, 1.165) is 45.6 Å². The van der Waals surface area contributed by atoms with Crippen LogP contribution < -0.4 is 5.32 Å². The van der Waals surface area contributed by atoms with E-state index >= 15 is 0 Å². The molecule has 10 nitrogen and oxygen atoms in total. The summed E-state index contributed by atoms with van der Waals surface area (Å²) in [6, 6.07) is 6.74. The number of aliphatic imine (C=N–C) groups is 1. The van der Waals surface area contributed by atoms with Crippen molar-refractivity contribution in [2.24, 2.45) is 4.99 Å². The Morgan fingerprint density at radius 2 is 1.85 bits per heavy atom. The summed E-state index contributed by atoms with van der Waals surface area (Å²) in [6.45, 7) is 7.28. The molecule has 0 bridgehead atoms. The van der Waals surface area contributed by atoms with E-state index in [4.69, 9.17) is 14.5 Å². The maximum atomic E-state index is 12.6. The van der Waals surface area contributed by atoms with Gasteiger partial charge in [0.2, 0.25) is 5.91 Å². The van der Waals surface area contributed by atoms with Crippen LogP contribution in [0, 0.1) is 0 Å². The zero-order valence-corrected chi connectivity index (χ0v) is 18.9. The number of carbonyl (C=O) groups is 2. The summed E-state index contributed by atoms with van der Waals surface area (Å²) in [4.78, 5) is 35.0. The Morgan fingerprint density at radius 1 is 1.06 bits per heavy atom. The van der Waals surface area contributed by atoms with Gasteiger partial charge in [-0.1, -0.05) is 6.07 Å². The maximum absolute atomic E-state index is 12.6. The summed E-state index contributed by atoms with van der Waals surface area (Å²) in [5.74, 6) is -0.0927. The number of benzene rings is 1. The van der Waals surface area contributed by atoms with Crippen LogP contribution >= 0.6 is 0 Å². The van der Waals surface area contributed by atoms with Gasteiger partial charge in [0.1, 0.15) is 0 Å². The molecule has 3 heterocycles. The monoisotopic (exact) mass is 459 g/mol. The number of nitrogens with zero attached hydrogens (tertiary/aromatic N) is 4. The third-order valence-corrected chi connectivity index (χ3v) is 6.23. The quantitative estimate of drug-likeness (QED) is 0.476. The van der Waals surface area contributed by atoms with Crippen LogP contribution in [0.3, 0.4) is 0 Å². The molecule has 33 heavy (non-hydrogen) atoms. The number of ether oxygens (including phenoxy) is 2. The molecule has 4 rings (SSSR count).